The van der Waals surface area contributed by atoms with Crippen molar-refractivity contribution in [3.8, 4) is 22.7 Å². The summed E-state index contributed by atoms with van der Waals surface area (Å²) in [7, 11) is 0. The standard InChI is InChI=1S/C24H17ClN2O/c25-21-15-23(28-22-14-8-7-13-19(21)22)20-16-27(18-11-5-2-6-12-18)26-24(20)17-9-3-1-4-10-17/h1-16,23H. The highest BCUT2D eigenvalue weighted by Gasteiger charge is 2.26. The van der Waals surface area contributed by atoms with Gasteiger partial charge in [-0.25, -0.2) is 4.68 Å². The zero-order chi connectivity index (χ0) is 18.9. The molecular formula is C24H17ClN2O. The summed E-state index contributed by atoms with van der Waals surface area (Å²) in [5.41, 5.74) is 4.81. The molecule has 0 fully saturated rings. The first-order chi connectivity index (χ1) is 13.8. The normalized spacial score (nSPS) is 15.5. The molecule has 3 nitrogen and oxygen atoms in total. The van der Waals surface area contributed by atoms with Crippen LogP contribution >= 0.6 is 11.6 Å². The molecule has 3 aromatic carbocycles. The molecule has 4 aromatic rings. The van der Waals surface area contributed by atoms with Crippen molar-refractivity contribution < 1.29 is 4.74 Å². The maximum Gasteiger partial charge on any atom is 0.147 e. The molecule has 1 aromatic heterocycles. The fourth-order valence-corrected chi connectivity index (χ4v) is 3.71. The van der Waals surface area contributed by atoms with Crippen LogP contribution in [0.2, 0.25) is 0 Å². The minimum Gasteiger partial charge on any atom is -0.481 e. The van der Waals surface area contributed by atoms with Gasteiger partial charge in [0.25, 0.3) is 0 Å². The highest BCUT2D eigenvalue weighted by Crippen LogP contribution is 2.41. The van der Waals surface area contributed by atoms with E-state index in [1.165, 1.54) is 0 Å². The van der Waals surface area contributed by atoms with E-state index in [1.54, 1.807) is 0 Å². The van der Waals surface area contributed by atoms with Gasteiger partial charge in [-0.05, 0) is 30.3 Å². The molecule has 0 spiro atoms. The molecule has 0 radical (unpaired) electrons. The van der Waals surface area contributed by atoms with E-state index in [0.717, 1.165) is 33.8 Å². The van der Waals surface area contributed by atoms with Crippen LogP contribution in [0.15, 0.2) is 97.2 Å². The fourth-order valence-electron chi connectivity index (χ4n) is 3.44. The van der Waals surface area contributed by atoms with Crippen molar-refractivity contribution in [2.75, 3.05) is 0 Å². The van der Waals surface area contributed by atoms with Crippen molar-refractivity contribution in [2.45, 2.75) is 6.10 Å². The minimum atomic E-state index is -0.310. The molecule has 1 aliphatic heterocycles. The lowest BCUT2D eigenvalue weighted by Gasteiger charge is -2.23. The zero-order valence-corrected chi connectivity index (χ0v) is 15.8. The first kappa shape index (κ1) is 16.8. The number of hydrogen-bond acceptors (Lipinski definition) is 2. The van der Waals surface area contributed by atoms with Crippen molar-refractivity contribution in [2.24, 2.45) is 0 Å². The third-order valence-corrected chi connectivity index (χ3v) is 5.14. The van der Waals surface area contributed by atoms with E-state index in [9.17, 15) is 0 Å². The van der Waals surface area contributed by atoms with Crippen LogP contribution < -0.4 is 4.74 Å². The molecule has 2 heterocycles. The second-order valence-corrected chi connectivity index (χ2v) is 7.04. The van der Waals surface area contributed by atoms with Gasteiger partial charge >= 0.3 is 0 Å². The van der Waals surface area contributed by atoms with Crippen molar-refractivity contribution in [3.05, 3.63) is 108 Å². The Morgan fingerprint density at radius 3 is 2.29 bits per heavy atom. The molecule has 0 saturated carbocycles. The average molecular weight is 385 g/mol. The third-order valence-electron chi connectivity index (χ3n) is 4.81. The van der Waals surface area contributed by atoms with E-state index in [1.807, 2.05) is 89.8 Å². The lowest BCUT2D eigenvalue weighted by molar-refractivity contribution is 0.252. The van der Waals surface area contributed by atoms with Crippen molar-refractivity contribution in [3.63, 3.8) is 0 Å². The molecule has 0 saturated heterocycles. The van der Waals surface area contributed by atoms with Crippen LogP contribution in [0.5, 0.6) is 5.75 Å². The van der Waals surface area contributed by atoms with Crippen LogP contribution in [0, 0.1) is 0 Å². The predicted molar refractivity (Wildman–Crippen MR) is 113 cm³/mol. The van der Waals surface area contributed by atoms with Crippen LogP contribution in [-0.2, 0) is 0 Å². The number of ether oxygens (including phenoxy) is 1. The smallest absolute Gasteiger partial charge is 0.147 e. The van der Waals surface area contributed by atoms with Gasteiger partial charge < -0.3 is 4.74 Å². The summed E-state index contributed by atoms with van der Waals surface area (Å²) in [4.78, 5) is 0. The van der Waals surface area contributed by atoms with Crippen molar-refractivity contribution in [1.29, 1.82) is 0 Å². The molecule has 1 unspecified atom stereocenters. The van der Waals surface area contributed by atoms with Crippen LogP contribution in [0.25, 0.3) is 22.0 Å². The first-order valence-electron chi connectivity index (χ1n) is 9.13. The van der Waals surface area contributed by atoms with Crippen LogP contribution in [-0.4, -0.2) is 9.78 Å². The Morgan fingerprint density at radius 2 is 1.50 bits per heavy atom. The molecule has 0 N–H and O–H groups in total. The molecule has 28 heavy (non-hydrogen) atoms. The van der Waals surface area contributed by atoms with Crippen molar-refractivity contribution in [1.82, 2.24) is 9.78 Å². The Morgan fingerprint density at radius 1 is 0.821 bits per heavy atom. The van der Waals surface area contributed by atoms with E-state index in [2.05, 4.69) is 12.1 Å². The fraction of sp³-hybridized carbons (Fsp3) is 0.0417. The molecule has 1 atom stereocenters. The second kappa shape index (κ2) is 7.02. The number of aromatic nitrogens is 2. The average Bonchev–Trinajstić information content (AvgIpc) is 3.21. The Kier molecular flexibility index (Phi) is 4.22. The highest BCUT2D eigenvalue weighted by atomic mass is 35.5. The summed E-state index contributed by atoms with van der Waals surface area (Å²) in [5, 5.41) is 5.56. The first-order valence-corrected chi connectivity index (χ1v) is 9.51. The van der Waals surface area contributed by atoms with Crippen LogP contribution in [0.4, 0.5) is 0 Å². The van der Waals surface area contributed by atoms with E-state index in [0.29, 0.717) is 5.03 Å². The number of benzene rings is 3. The van der Waals surface area contributed by atoms with Gasteiger partial charge in [-0.15, -0.1) is 0 Å². The van der Waals surface area contributed by atoms with Gasteiger partial charge in [0, 0.05) is 22.9 Å². The molecule has 0 amide bonds. The third kappa shape index (κ3) is 3.00. The Balaban J connectivity index is 1.65. The molecule has 5 rings (SSSR count). The van der Waals surface area contributed by atoms with Gasteiger partial charge in [0.05, 0.1) is 16.4 Å². The van der Waals surface area contributed by atoms with Crippen molar-refractivity contribution >= 4 is 16.6 Å². The number of hydrogen-bond donors (Lipinski definition) is 0. The summed E-state index contributed by atoms with van der Waals surface area (Å²) in [6.07, 6.45) is 3.66. The summed E-state index contributed by atoms with van der Waals surface area (Å²) in [5.74, 6) is 0.784. The Hall–Kier alpha value is -3.30. The molecule has 136 valence electrons. The predicted octanol–water partition coefficient (Wildman–Crippen LogP) is 6.25. The zero-order valence-electron chi connectivity index (χ0n) is 15.0. The number of fused-ring (bicyclic) bond motifs is 1. The second-order valence-electron chi connectivity index (χ2n) is 6.63. The molecule has 0 bridgehead atoms. The molecule has 1 aliphatic rings. The van der Waals surface area contributed by atoms with Gasteiger partial charge in [0.2, 0.25) is 0 Å². The summed E-state index contributed by atoms with van der Waals surface area (Å²) >= 11 is 6.57. The van der Waals surface area contributed by atoms with Crippen LogP contribution in [0.3, 0.4) is 0 Å². The Labute approximate surface area is 168 Å². The summed E-state index contributed by atoms with van der Waals surface area (Å²) in [6, 6.07) is 28.0. The maximum atomic E-state index is 6.57. The molecule has 4 heteroatoms. The maximum absolute atomic E-state index is 6.57. The van der Waals surface area contributed by atoms with Gasteiger partial charge in [0.15, 0.2) is 0 Å². The molecule has 0 aliphatic carbocycles. The topological polar surface area (TPSA) is 27.1 Å². The highest BCUT2D eigenvalue weighted by molar-refractivity contribution is 6.49. The minimum absolute atomic E-state index is 0.310. The van der Waals surface area contributed by atoms with Crippen LogP contribution in [0.1, 0.15) is 17.2 Å². The largest absolute Gasteiger partial charge is 0.481 e. The van der Waals surface area contributed by atoms with E-state index in [-0.39, 0.29) is 6.10 Å². The van der Waals surface area contributed by atoms with E-state index < -0.39 is 0 Å². The lowest BCUT2D eigenvalue weighted by atomic mass is 10.0. The quantitative estimate of drug-likeness (QED) is 0.417. The number of halogens is 1. The van der Waals surface area contributed by atoms with E-state index in [4.69, 9.17) is 21.4 Å². The monoisotopic (exact) mass is 384 g/mol. The van der Waals surface area contributed by atoms with Gasteiger partial charge in [0.1, 0.15) is 11.9 Å². The summed E-state index contributed by atoms with van der Waals surface area (Å²) in [6.45, 7) is 0. The SMILES string of the molecule is ClC1=CC(c2cn(-c3ccccc3)nc2-c2ccccc2)Oc2ccccc21. The van der Waals surface area contributed by atoms with E-state index >= 15 is 0 Å². The number of nitrogens with zero attached hydrogens (tertiary/aromatic N) is 2. The Bertz CT molecular complexity index is 1150. The number of para-hydroxylation sites is 2. The van der Waals surface area contributed by atoms with Gasteiger partial charge in [-0.3, -0.25) is 0 Å². The number of rotatable bonds is 3. The summed E-state index contributed by atoms with van der Waals surface area (Å²) < 4.78 is 8.18. The lowest BCUT2D eigenvalue weighted by Crippen LogP contribution is -2.10. The van der Waals surface area contributed by atoms with Gasteiger partial charge in [-0.2, -0.15) is 5.10 Å². The molecular weight excluding hydrogens is 368 g/mol. The van der Waals surface area contributed by atoms with Gasteiger partial charge in [-0.1, -0.05) is 72.3 Å².